The van der Waals surface area contributed by atoms with Crippen LogP contribution in [-0.2, 0) is 6.42 Å². The first-order chi connectivity index (χ1) is 9.69. The predicted octanol–water partition coefficient (Wildman–Crippen LogP) is 2.90. The number of fused-ring (bicyclic) bond motifs is 1. The number of hydrogen-bond donors (Lipinski definition) is 1. The van der Waals surface area contributed by atoms with Crippen LogP contribution < -0.4 is 5.73 Å². The summed E-state index contributed by atoms with van der Waals surface area (Å²) in [5, 5.41) is 3.28. The van der Waals surface area contributed by atoms with Crippen LogP contribution in [0.1, 0.15) is 40.9 Å². The van der Waals surface area contributed by atoms with E-state index in [0.29, 0.717) is 6.42 Å². The second-order valence-electron chi connectivity index (χ2n) is 5.20. The molecule has 3 rings (SSSR count). The molecule has 0 fully saturated rings. The molecule has 0 spiro atoms. The highest BCUT2D eigenvalue weighted by Crippen LogP contribution is 2.40. The molecule has 2 N–H and O–H groups in total. The number of rotatable bonds is 2. The lowest BCUT2D eigenvalue weighted by Gasteiger charge is -2.28. The Labute approximate surface area is 117 Å². The molecule has 1 aromatic heterocycles. The first-order valence-corrected chi connectivity index (χ1v) is 6.69. The highest BCUT2D eigenvalue weighted by Gasteiger charge is 2.31. The van der Waals surface area contributed by atoms with Crippen molar-refractivity contribution in [2.24, 2.45) is 5.18 Å². The van der Waals surface area contributed by atoms with Crippen molar-refractivity contribution in [3.05, 3.63) is 57.8 Å². The molecule has 0 saturated carbocycles. The fourth-order valence-corrected chi connectivity index (χ4v) is 3.03. The van der Waals surface area contributed by atoms with Gasteiger partial charge in [0.1, 0.15) is 6.04 Å². The third-order valence-corrected chi connectivity index (χ3v) is 3.91. The Hall–Kier alpha value is -2.30. The van der Waals surface area contributed by atoms with Gasteiger partial charge in [-0.05, 0) is 31.2 Å². The van der Waals surface area contributed by atoms with Crippen LogP contribution in [0.25, 0.3) is 0 Å². The maximum Gasteiger partial charge on any atom is 0.220 e. The summed E-state index contributed by atoms with van der Waals surface area (Å²) in [7, 11) is 0. The van der Waals surface area contributed by atoms with Crippen LogP contribution in [0.15, 0.2) is 35.5 Å². The van der Waals surface area contributed by atoms with Crippen LogP contribution in [0.4, 0.5) is 5.95 Å². The predicted molar refractivity (Wildman–Crippen MR) is 77.2 cm³/mol. The van der Waals surface area contributed by atoms with Crippen LogP contribution in [0.5, 0.6) is 0 Å². The number of aromatic nitrogens is 2. The van der Waals surface area contributed by atoms with Crippen molar-refractivity contribution in [2.75, 3.05) is 5.73 Å². The summed E-state index contributed by atoms with van der Waals surface area (Å²) in [6.45, 7) is 1.86. The lowest BCUT2D eigenvalue weighted by molar-refractivity contribution is 0.489. The van der Waals surface area contributed by atoms with Gasteiger partial charge in [0.15, 0.2) is 0 Å². The second kappa shape index (κ2) is 5.00. The Morgan fingerprint density at radius 2 is 2.00 bits per heavy atom. The van der Waals surface area contributed by atoms with Crippen LogP contribution in [0.2, 0.25) is 0 Å². The molecule has 2 aromatic rings. The average molecular weight is 268 g/mol. The Morgan fingerprint density at radius 3 is 2.70 bits per heavy atom. The van der Waals surface area contributed by atoms with Crippen molar-refractivity contribution in [3.8, 4) is 0 Å². The molecule has 1 aromatic carbocycles. The number of nitrogens with zero attached hydrogens (tertiary/aromatic N) is 3. The SMILES string of the molecule is Cc1nc(N)nc2c1C(N=O)CC(c1ccccc1)C2. The highest BCUT2D eigenvalue weighted by atomic mass is 16.3. The minimum Gasteiger partial charge on any atom is -0.368 e. The zero-order chi connectivity index (χ0) is 14.1. The van der Waals surface area contributed by atoms with Gasteiger partial charge < -0.3 is 5.73 Å². The summed E-state index contributed by atoms with van der Waals surface area (Å²) in [5.41, 5.74) is 9.42. The second-order valence-corrected chi connectivity index (χ2v) is 5.20. The van der Waals surface area contributed by atoms with Crippen molar-refractivity contribution in [2.45, 2.75) is 31.7 Å². The molecule has 5 heteroatoms. The minimum atomic E-state index is -0.385. The summed E-state index contributed by atoms with van der Waals surface area (Å²) >= 11 is 0. The summed E-state index contributed by atoms with van der Waals surface area (Å²) in [5.74, 6) is 0.514. The smallest absolute Gasteiger partial charge is 0.220 e. The quantitative estimate of drug-likeness (QED) is 0.849. The largest absolute Gasteiger partial charge is 0.368 e. The molecule has 2 unspecified atom stereocenters. The summed E-state index contributed by atoms with van der Waals surface area (Å²) in [6, 6.07) is 9.77. The maximum absolute atomic E-state index is 11.2. The summed E-state index contributed by atoms with van der Waals surface area (Å²) < 4.78 is 0. The van der Waals surface area contributed by atoms with Gasteiger partial charge in [-0.25, -0.2) is 9.97 Å². The number of nitroso groups, excluding NO2 is 1. The van der Waals surface area contributed by atoms with Gasteiger partial charge in [0.2, 0.25) is 5.95 Å². The van der Waals surface area contributed by atoms with Crippen molar-refractivity contribution < 1.29 is 0 Å². The summed E-state index contributed by atoms with van der Waals surface area (Å²) in [6.07, 6.45) is 1.48. The molecule has 0 amide bonds. The molecule has 0 bridgehead atoms. The van der Waals surface area contributed by atoms with Gasteiger partial charge >= 0.3 is 0 Å². The fourth-order valence-electron chi connectivity index (χ4n) is 3.03. The molecule has 0 saturated heterocycles. The fraction of sp³-hybridized carbons (Fsp3) is 0.333. The van der Waals surface area contributed by atoms with Crippen molar-refractivity contribution in [3.63, 3.8) is 0 Å². The minimum absolute atomic E-state index is 0.250. The number of nitrogen functional groups attached to an aromatic ring is 1. The third kappa shape index (κ3) is 2.15. The normalized spacial score (nSPS) is 21.2. The van der Waals surface area contributed by atoms with Crippen LogP contribution in [-0.4, -0.2) is 9.97 Å². The van der Waals surface area contributed by atoms with E-state index in [0.717, 1.165) is 23.4 Å². The van der Waals surface area contributed by atoms with Gasteiger partial charge in [-0.1, -0.05) is 35.5 Å². The Morgan fingerprint density at radius 1 is 1.25 bits per heavy atom. The van der Waals surface area contributed by atoms with E-state index in [1.807, 2.05) is 25.1 Å². The number of aryl methyl sites for hydroxylation is 1. The van der Waals surface area contributed by atoms with E-state index in [1.54, 1.807) is 0 Å². The van der Waals surface area contributed by atoms with Gasteiger partial charge in [-0.3, -0.25) is 0 Å². The number of hydrogen-bond acceptors (Lipinski definition) is 5. The van der Waals surface area contributed by atoms with E-state index in [4.69, 9.17) is 5.73 Å². The van der Waals surface area contributed by atoms with E-state index in [2.05, 4.69) is 27.3 Å². The molecule has 1 heterocycles. The Bertz CT molecular complexity index is 642. The van der Waals surface area contributed by atoms with E-state index >= 15 is 0 Å². The topological polar surface area (TPSA) is 81.2 Å². The number of benzene rings is 1. The third-order valence-electron chi connectivity index (χ3n) is 3.91. The highest BCUT2D eigenvalue weighted by molar-refractivity contribution is 5.38. The Balaban J connectivity index is 2.04. The van der Waals surface area contributed by atoms with Gasteiger partial charge in [-0.2, -0.15) is 4.91 Å². The molecule has 2 atom stereocenters. The molecule has 102 valence electrons. The zero-order valence-electron chi connectivity index (χ0n) is 11.3. The van der Waals surface area contributed by atoms with Crippen molar-refractivity contribution in [1.29, 1.82) is 0 Å². The van der Waals surface area contributed by atoms with Crippen LogP contribution in [0.3, 0.4) is 0 Å². The first kappa shape index (κ1) is 12.7. The molecular weight excluding hydrogens is 252 g/mol. The monoisotopic (exact) mass is 268 g/mol. The molecule has 5 nitrogen and oxygen atoms in total. The average Bonchev–Trinajstić information content (AvgIpc) is 2.46. The molecule has 0 radical (unpaired) electrons. The Kier molecular flexibility index (Phi) is 3.18. The van der Waals surface area contributed by atoms with E-state index in [9.17, 15) is 4.91 Å². The molecule has 1 aliphatic rings. The number of nitrogens with two attached hydrogens (primary N) is 1. The van der Waals surface area contributed by atoms with Crippen molar-refractivity contribution >= 4 is 5.95 Å². The number of anilines is 1. The molecule has 20 heavy (non-hydrogen) atoms. The lowest BCUT2D eigenvalue weighted by atomic mass is 9.79. The summed E-state index contributed by atoms with van der Waals surface area (Å²) in [4.78, 5) is 19.7. The zero-order valence-corrected chi connectivity index (χ0v) is 11.3. The van der Waals surface area contributed by atoms with E-state index in [1.165, 1.54) is 5.56 Å². The van der Waals surface area contributed by atoms with Gasteiger partial charge in [0, 0.05) is 11.3 Å². The van der Waals surface area contributed by atoms with Crippen LogP contribution in [0, 0.1) is 11.8 Å². The molecule has 1 aliphatic carbocycles. The lowest BCUT2D eigenvalue weighted by Crippen LogP contribution is -2.20. The maximum atomic E-state index is 11.2. The van der Waals surface area contributed by atoms with Gasteiger partial charge in [-0.15, -0.1) is 0 Å². The van der Waals surface area contributed by atoms with E-state index in [-0.39, 0.29) is 17.9 Å². The van der Waals surface area contributed by atoms with Gasteiger partial charge in [0.25, 0.3) is 0 Å². The first-order valence-electron chi connectivity index (χ1n) is 6.69. The standard InChI is InChI=1S/C15H16N4O/c1-9-14-12(18-15(16)17-9)7-11(8-13(14)19-20)10-5-3-2-4-6-10/h2-6,11,13H,7-8H2,1H3,(H2,16,17,18). The van der Waals surface area contributed by atoms with Crippen LogP contribution >= 0.6 is 0 Å². The molecule has 0 aliphatic heterocycles. The molecular formula is C15H16N4O. The van der Waals surface area contributed by atoms with Crippen molar-refractivity contribution in [1.82, 2.24) is 9.97 Å². The van der Waals surface area contributed by atoms with E-state index < -0.39 is 0 Å². The van der Waals surface area contributed by atoms with Gasteiger partial charge in [0.05, 0.1) is 5.69 Å².